The van der Waals surface area contributed by atoms with Crippen molar-refractivity contribution in [3.63, 3.8) is 0 Å². The summed E-state index contributed by atoms with van der Waals surface area (Å²) in [6.07, 6.45) is 6.54. The Morgan fingerprint density at radius 3 is 3.00 bits per heavy atom. The summed E-state index contributed by atoms with van der Waals surface area (Å²) in [6.45, 7) is 3.57. The predicted molar refractivity (Wildman–Crippen MR) is 138 cm³/mol. The Kier molecular flexibility index (Phi) is 7.91. The van der Waals surface area contributed by atoms with E-state index in [1.165, 1.54) is 22.7 Å². The fraction of sp³-hybridized carbons (Fsp3) is 0.286. The van der Waals surface area contributed by atoms with Crippen LogP contribution >= 0.6 is 35.1 Å². The van der Waals surface area contributed by atoms with Gasteiger partial charge >= 0.3 is 5.97 Å². The lowest BCUT2D eigenvalue weighted by Crippen LogP contribution is -2.74. The van der Waals surface area contributed by atoms with Crippen molar-refractivity contribution in [3.8, 4) is 0 Å². The highest BCUT2D eigenvalue weighted by atomic mass is 32.2. The molecule has 0 radical (unpaired) electrons. The lowest BCUT2D eigenvalue weighted by molar-refractivity contribution is -0.151. The summed E-state index contributed by atoms with van der Waals surface area (Å²) in [5, 5.41) is 17.8. The Balaban J connectivity index is 1.43. The van der Waals surface area contributed by atoms with Gasteiger partial charge in [-0.05, 0) is 23.1 Å². The van der Waals surface area contributed by atoms with Gasteiger partial charge in [-0.1, -0.05) is 23.9 Å². The van der Waals surface area contributed by atoms with Crippen LogP contribution in [-0.4, -0.2) is 82.9 Å². The Morgan fingerprint density at radius 1 is 1.50 bits per heavy atom. The zero-order valence-electron chi connectivity index (χ0n) is 18.6. The highest BCUT2D eigenvalue weighted by molar-refractivity contribution is 8.06. The minimum absolute atomic E-state index is 0.000811. The molecular weight excluding hydrogens is 526 g/mol. The first-order valence-corrected chi connectivity index (χ1v) is 13.2. The highest BCUT2D eigenvalue weighted by Gasteiger charge is 2.57. The number of carboxylic acids is 1. The molecule has 4 N–H and O–H groups in total. The van der Waals surface area contributed by atoms with Gasteiger partial charge in [0.15, 0.2) is 5.13 Å². The molecule has 0 saturated carbocycles. The summed E-state index contributed by atoms with van der Waals surface area (Å²) in [5.41, 5.74) is 6.22. The van der Waals surface area contributed by atoms with Crippen molar-refractivity contribution < 1.29 is 24.3 Å². The van der Waals surface area contributed by atoms with E-state index < -0.39 is 28.0 Å². The molecule has 12 nitrogen and oxygen atoms in total. The second kappa shape index (κ2) is 11.1. The molecule has 2 unspecified atom stereocenters. The number of amides is 2. The molecule has 0 bridgehead atoms. The monoisotopic (exact) mass is 547 g/mol. The summed E-state index contributed by atoms with van der Waals surface area (Å²) < 4.78 is 2.76. The molecule has 0 spiro atoms. The molecule has 2 fully saturated rings. The fourth-order valence-corrected chi connectivity index (χ4v) is 6.50. The normalized spacial score (nSPS) is 23.6. The van der Waals surface area contributed by atoms with Crippen LogP contribution < -0.4 is 11.1 Å². The maximum Gasteiger partial charge on any atom is 0.322 e. The van der Waals surface area contributed by atoms with E-state index in [9.17, 15) is 19.5 Å². The number of nitrogens with one attached hydrogen (secondary N) is 1. The molecule has 2 amide bonds. The number of nitrogens with zero attached hydrogens (tertiary/aromatic N) is 5. The van der Waals surface area contributed by atoms with Gasteiger partial charge in [-0.15, -0.1) is 23.5 Å². The number of pyridine rings is 1. The molecule has 2 aliphatic heterocycles. The summed E-state index contributed by atoms with van der Waals surface area (Å²) >= 11 is 3.32. The molecule has 3 atom stereocenters. The van der Waals surface area contributed by atoms with Gasteiger partial charge in [0, 0.05) is 36.2 Å². The first kappa shape index (κ1) is 25.7. The topological polar surface area (TPSA) is 173 Å². The molecule has 188 valence electrons. The van der Waals surface area contributed by atoms with Crippen LogP contribution in [0.2, 0.25) is 0 Å². The zero-order chi connectivity index (χ0) is 25.7. The van der Waals surface area contributed by atoms with E-state index in [-0.39, 0.29) is 41.5 Å². The number of nitrogens with two attached hydrogens (primary N) is 1. The number of rotatable bonds is 10. The predicted octanol–water partition coefficient (Wildman–Crippen LogP) is 1.05. The first-order chi connectivity index (χ1) is 17.3. The van der Waals surface area contributed by atoms with E-state index in [2.05, 4.69) is 31.4 Å². The molecule has 2 aromatic rings. The van der Waals surface area contributed by atoms with Crippen molar-refractivity contribution in [1.82, 2.24) is 24.6 Å². The average molecular weight is 548 g/mol. The van der Waals surface area contributed by atoms with Gasteiger partial charge in [-0.2, -0.15) is 9.36 Å². The molecule has 4 rings (SSSR count). The van der Waals surface area contributed by atoms with E-state index in [4.69, 9.17) is 10.6 Å². The van der Waals surface area contributed by atoms with Gasteiger partial charge in [0.2, 0.25) is 17.4 Å². The number of thioether (sulfide) groups is 2. The molecule has 4 heterocycles. The SMILES string of the molecule is C=CCON=C(C(=O)NC1C(=O)N2CC(SC=Cc3cccnc3)(C(=O)O)CS[C@H]12)c1nsc(N)n1. The average Bonchev–Trinajstić information content (AvgIpc) is 3.31. The molecule has 2 aliphatic rings. The minimum Gasteiger partial charge on any atom is -0.480 e. The number of anilines is 1. The summed E-state index contributed by atoms with van der Waals surface area (Å²) in [6, 6.07) is 2.78. The smallest absolute Gasteiger partial charge is 0.322 e. The summed E-state index contributed by atoms with van der Waals surface area (Å²) in [7, 11) is 0. The van der Waals surface area contributed by atoms with Crippen LogP contribution in [0, 0.1) is 0 Å². The third-order valence-corrected chi connectivity index (χ3v) is 8.61. The summed E-state index contributed by atoms with van der Waals surface area (Å²) in [5.74, 6) is -1.91. The third-order valence-electron chi connectivity index (χ3n) is 5.19. The fourth-order valence-electron chi connectivity index (χ4n) is 3.40. The van der Waals surface area contributed by atoms with Gasteiger partial charge in [0.05, 0.1) is 0 Å². The number of β-lactam (4-membered cyclic amide) rings is 1. The van der Waals surface area contributed by atoms with E-state index in [1.807, 2.05) is 6.07 Å². The molecule has 15 heteroatoms. The molecule has 0 aliphatic carbocycles. The zero-order valence-corrected chi connectivity index (χ0v) is 21.1. The number of hydrogen-bond donors (Lipinski definition) is 3. The molecule has 36 heavy (non-hydrogen) atoms. The maximum atomic E-state index is 12.9. The second-order valence-corrected chi connectivity index (χ2v) is 10.8. The van der Waals surface area contributed by atoms with Crippen molar-refractivity contribution in [1.29, 1.82) is 0 Å². The molecule has 2 aromatic heterocycles. The maximum absolute atomic E-state index is 12.9. The van der Waals surface area contributed by atoms with E-state index in [1.54, 1.807) is 29.9 Å². The van der Waals surface area contributed by atoms with Crippen LogP contribution in [0.15, 0.2) is 47.7 Å². The van der Waals surface area contributed by atoms with Crippen molar-refractivity contribution in [2.75, 3.05) is 24.6 Å². The number of hydrogen-bond acceptors (Lipinski definition) is 12. The van der Waals surface area contributed by atoms with E-state index in [0.717, 1.165) is 28.9 Å². The summed E-state index contributed by atoms with van der Waals surface area (Å²) in [4.78, 5) is 52.5. The number of fused-ring (bicyclic) bond motifs is 1. The molecule has 0 aromatic carbocycles. The van der Waals surface area contributed by atoms with E-state index in [0.29, 0.717) is 0 Å². The minimum atomic E-state index is -1.22. The van der Waals surface area contributed by atoms with Crippen LogP contribution in [0.5, 0.6) is 0 Å². The Labute approximate surface area is 218 Å². The van der Waals surface area contributed by atoms with Crippen LogP contribution in [0.4, 0.5) is 5.13 Å². The van der Waals surface area contributed by atoms with Crippen molar-refractivity contribution in [2.24, 2.45) is 5.16 Å². The highest BCUT2D eigenvalue weighted by Crippen LogP contribution is 2.44. The van der Waals surface area contributed by atoms with Crippen LogP contribution in [-0.2, 0) is 19.2 Å². The third kappa shape index (κ3) is 5.37. The van der Waals surface area contributed by atoms with Gasteiger partial charge in [0.1, 0.15) is 22.8 Å². The molecular formula is C21H21N7O5S3. The quantitative estimate of drug-likeness (QED) is 0.128. The van der Waals surface area contributed by atoms with Gasteiger partial charge < -0.3 is 25.9 Å². The van der Waals surface area contributed by atoms with Crippen LogP contribution in [0.25, 0.3) is 6.08 Å². The van der Waals surface area contributed by atoms with Crippen LogP contribution in [0.3, 0.4) is 0 Å². The lowest BCUT2D eigenvalue weighted by Gasteiger charge is -2.53. The number of carbonyl (C=O) groups is 3. The van der Waals surface area contributed by atoms with Gasteiger partial charge in [0.25, 0.3) is 5.91 Å². The Hall–Kier alpha value is -3.43. The van der Waals surface area contributed by atoms with Crippen LogP contribution in [0.1, 0.15) is 11.4 Å². The van der Waals surface area contributed by atoms with E-state index >= 15 is 0 Å². The number of aromatic nitrogens is 3. The van der Waals surface area contributed by atoms with Crippen molar-refractivity contribution in [2.45, 2.75) is 16.2 Å². The number of carbonyl (C=O) groups excluding carboxylic acids is 2. The standard InChI is InChI=1S/C21H21N7O5S3/c1-2-7-33-26-13(15-25-20(22)36-27-15)16(29)24-14-17(30)28-10-21(19(31)32,11-34-18(14)28)35-8-5-12-4-3-6-23-9-12/h2-6,8-9,14,18H,1,7,10-11H2,(H,24,29)(H,31,32)(H2,22,25,27)/t14?,18-,21?/m1/s1. The van der Waals surface area contributed by atoms with Gasteiger partial charge in [-0.3, -0.25) is 19.4 Å². The second-order valence-electron chi connectivity index (χ2n) is 7.61. The van der Waals surface area contributed by atoms with Gasteiger partial charge in [-0.25, -0.2) is 0 Å². The number of carboxylic acid groups (broad SMARTS) is 1. The lowest BCUT2D eigenvalue weighted by atomic mass is 10.0. The molecule has 2 saturated heterocycles. The number of nitrogen functional groups attached to an aromatic ring is 1. The largest absolute Gasteiger partial charge is 0.480 e. The van der Waals surface area contributed by atoms with Crippen molar-refractivity contribution >= 4 is 69.8 Å². The Morgan fingerprint density at radius 2 is 2.33 bits per heavy atom. The first-order valence-electron chi connectivity index (χ1n) is 10.5. The van der Waals surface area contributed by atoms with Crippen molar-refractivity contribution in [3.05, 3.63) is 54.0 Å². The number of oxime groups is 1. The Bertz CT molecular complexity index is 1220. The number of aliphatic carboxylic acids is 1.